The lowest BCUT2D eigenvalue weighted by molar-refractivity contribution is -0.127. The molecule has 2 aliphatic heterocycles. The van der Waals surface area contributed by atoms with Crippen LogP contribution in [0.2, 0.25) is 0 Å². The molecular formula is C28H46N4O3. The van der Waals surface area contributed by atoms with E-state index in [-0.39, 0.29) is 17.7 Å². The molecule has 2 heterocycles. The molecule has 7 heteroatoms. The maximum Gasteiger partial charge on any atom is 0.222 e. The van der Waals surface area contributed by atoms with E-state index >= 15 is 0 Å². The van der Waals surface area contributed by atoms with Crippen LogP contribution >= 0.6 is 0 Å². The Labute approximate surface area is 212 Å². The van der Waals surface area contributed by atoms with Crippen molar-refractivity contribution in [1.29, 1.82) is 0 Å². The average Bonchev–Trinajstić information content (AvgIpc) is 3.28. The lowest BCUT2D eigenvalue weighted by Crippen LogP contribution is -2.44. The van der Waals surface area contributed by atoms with Crippen LogP contribution in [0.3, 0.4) is 0 Å². The molecule has 2 saturated heterocycles. The van der Waals surface area contributed by atoms with Gasteiger partial charge in [0.05, 0.1) is 0 Å². The molecule has 196 valence electrons. The molecule has 0 unspecified atom stereocenters. The van der Waals surface area contributed by atoms with Gasteiger partial charge >= 0.3 is 0 Å². The number of hydrogen-bond donors (Lipinski definition) is 2. The SMILES string of the molecule is CCC(=O)NCCCN1CCCC1=O.CCCCCC(=O)NC1CCN(Cc2ccccc2)CC1. The summed E-state index contributed by atoms with van der Waals surface area (Å²) in [5, 5.41) is 5.99. The van der Waals surface area contributed by atoms with Gasteiger partial charge in [-0.2, -0.15) is 0 Å². The average molecular weight is 487 g/mol. The minimum atomic E-state index is 0.0812. The van der Waals surface area contributed by atoms with Crippen LogP contribution < -0.4 is 10.6 Å². The van der Waals surface area contributed by atoms with Gasteiger partial charge in [0.1, 0.15) is 0 Å². The maximum absolute atomic E-state index is 11.8. The molecule has 0 atom stereocenters. The number of nitrogens with zero attached hydrogens (tertiary/aromatic N) is 2. The van der Waals surface area contributed by atoms with E-state index < -0.39 is 0 Å². The van der Waals surface area contributed by atoms with Crippen molar-refractivity contribution in [3.05, 3.63) is 35.9 Å². The first-order valence-corrected chi connectivity index (χ1v) is 13.6. The normalized spacial score (nSPS) is 16.5. The number of piperidine rings is 1. The summed E-state index contributed by atoms with van der Waals surface area (Å²) in [6.07, 6.45) is 9.27. The number of carbonyl (C=O) groups is 3. The van der Waals surface area contributed by atoms with E-state index in [4.69, 9.17) is 0 Å². The summed E-state index contributed by atoms with van der Waals surface area (Å²) in [5.41, 5.74) is 1.37. The molecule has 0 aliphatic carbocycles. The van der Waals surface area contributed by atoms with E-state index in [0.29, 0.717) is 31.8 Å². The third-order valence-electron chi connectivity index (χ3n) is 6.63. The van der Waals surface area contributed by atoms with E-state index in [2.05, 4.69) is 52.8 Å². The molecule has 7 nitrogen and oxygen atoms in total. The minimum absolute atomic E-state index is 0.0812. The van der Waals surface area contributed by atoms with E-state index in [1.165, 1.54) is 12.0 Å². The molecular weight excluding hydrogens is 440 g/mol. The molecule has 3 rings (SSSR count). The lowest BCUT2D eigenvalue weighted by Gasteiger charge is -2.32. The summed E-state index contributed by atoms with van der Waals surface area (Å²) in [7, 11) is 0. The van der Waals surface area contributed by atoms with Crippen molar-refractivity contribution in [2.75, 3.05) is 32.7 Å². The fourth-order valence-corrected chi connectivity index (χ4v) is 4.48. The number of rotatable bonds is 12. The number of unbranched alkanes of at least 4 members (excludes halogenated alkanes) is 2. The number of hydrogen-bond acceptors (Lipinski definition) is 4. The zero-order valence-electron chi connectivity index (χ0n) is 21.9. The molecule has 2 N–H and O–H groups in total. The van der Waals surface area contributed by atoms with Gasteiger partial charge in [-0.25, -0.2) is 0 Å². The second-order valence-corrected chi connectivity index (χ2v) is 9.60. The molecule has 0 bridgehead atoms. The molecule has 0 aromatic heterocycles. The molecule has 35 heavy (non-hydrogen) atoms. The monoisotopic (exact) mass is 486 g/mol. The standard InChI is InChI=1S/C18H28N2O.C10H18N2O2/c1-2-3-5-10-18(21)19-17-11-13-20(14-12-17)15-16-8-6-4-7-9-16;1-2-9(13)11-6-4-8-12-7-3-5-10(12)14/h4,6-9,17H,2-3,5,10-15H2,1H3,(H,19,21);2-8H2,1H3,(H,11,13). The third kappa shape index (κ3) is 12.2. The van der Waals surface area contributed by atoms with Gasteiger partial charge in [0, 0.05) is 64.6 Å². The molecule has 2 aliphatic rings. The van der Waals surface area contributed by atoms with Gasteiger partial charge in [-0.05, 0) is 37.7 Å². The van der Waals surface area contributed by atoms with E-state index in [0.717, 1.165) is 71.2 Å². The second kappa shape index (κ2) is 17.1. The Balaban J connectivity index is 0.000000269. The van der Waals surface area contributed by atoms with Gasteiger partial charge in [-0.3, -0.25) is 19.3 Å². The van der Waals surface area contributed by atoms with Gasteiger partial charge in [-0.15, -0.1) is 0 Å². The smallest absolute Gasteiger partial charge is 0.222 e. The van der Waals surface area contributed by atoms with E-state index in [1.54, 1.807) is 0 Å². The van der Waals surface area contributed by atoms with Gasteiger partial charge in [0.15, 0.2) is 0 Å². The fourth-order valence-electron chi connectivity index (χ4n) is 4.48. The van der Waals surface area contributed by atoms with Gasteiger partial charge < -0.3 is 15.5 Å². The molecule has 3 amide bonds. The van der Waals surface area contributed by atoms with Crippen molar-refractivity contribution < 1.29 is 14.4 Å². The Morgan fingerprint density at radius 3 is 2.34 bits per heavy atom. The number of benzene rings is 1. The Hall–Kier alpha value is -2.41. The van der Waals surface area contributed by atoms with Crippen molar-refractivity contribution in [2.24, 2.45) is 0 Å². The Kier molecular flexibility index (Phi) is 14.1. The summed E-state index contributed by atoms with van der Waals surface area (Å²) in [5.74, 6) is 0.578. The van der Waals surface area contributed by atoms with Gasteiger partial charge in [0.25, 0.3) is 0 Å². The van der Waals surface area contributed by atoms with Crippen molar-refractivity contribution >= 4 is 17.7 Å². The highest BCUT2D eigenvalue weighted by atomic mass is 16.2. The molecule has 0 radical (unpaired) electrons. The quantitative estimate of drug-likeness (QED) is 0.440. The first-order valence-electron chi connectivity index (χ1n) is 13.6. The van der Waals surface area contributed by atoms with E-state index in [9.17, 15) is 14.4 Å². The van der Waals surface area contributed by atoms with Gasteiger partial charge in [0.2, 0.25) is 17.7 Å². The summed E-state index contributed by atoms with van der Waals surface area (Å²) < 4.78 is 0. The first kappa shape index (κ1) is 28.8. The fraction of sp³-hybridized carbons (Fsp3) is 0.679. The van der Waals surface area contributed by atoms with Crippen LogP contribution in [0.15, 0.2) is 30.3 Å². The first-order chi connectivity index (χ1) is 17.0. The Morgan fingerprint density at radius 1 is 0.971 bits per heavy atom. The Bertz CT molecular complexity index is 748. The lowest BCUT2D eigenvalue weighted by atomic mass is 10.0. The predicted molar refractivity (Wildman–Crippen MR) is 141 cm³/mol. The molecule has 2 fully saturated rings. The summed E-state index contributed by atoms with van der Waals surface area (Å²) in [6, 6.07) is 11.0. The highest BCUT2D eigenvalue weighted by Crippen LogP contribution is 2.14. The largest absolute Gasteiger partial charge is 0.356 e. The molecule has 0 spiro atoms. The minimum Gasteiger partial charge on any atom is -0.356 e. The Morgan fingerprint density at radius 2 is 1.71 bits per heavy atom. The third-order valence-corrected chi connectivity index (χ3v) is 6.63. The second-order valence-electron chi connectivity index (χ2n) is 9.60. The molecule has 1 aromatic rings. The van der Waals surface area contributed by atoms with Crippen molar-refractivity contribution in [2.45, 2.75) is 90.6 Å². The number of nitrogens with one attached hydrogen (secondary N) is 2. The maximum atomic E-state index is 11.8. The van der Waals surface area contributed by atoms with Crippen LogP contribution in [-0.4, -0.2) is 66.3 Å². The predicted octanol–water partition coefficient (Wildman–Crippen LogP) is 3.87. The topological polar surface area (TPSA) is 81.8 Å². The number of likely N-dealkylation sites (tertiary alicyclic amines) is 2. The molecule has 0 saturated carbocycles. The van der Waals surface area contributed by atoms with E-state index in [1.807, 2.05) is 11.8 Å². The van der Waals surface area contributed by atoms with Gasteiger partial charge in [-0.1, -0.05) is 57.0 Å². The zero-order chi connectivity index (χ0) is 25.3. The summed E-state index contributed by atoms with van der Waals surface area (Å²) in [4.78, 5) is 38.3. The van der Waals surface area contributed by atoms with Crippen LogP contribution in [-0.2, 0) is 20.9 Å². The summed E-state index contributed by atoms with van der Waals surface area (Å²) in [6.45, 7) is 9.53. The van der Waals surface area contributed by atoms with Crippen molar-refractivity contribution in [1.82, 2.24) is 20.4 Å². The van der Waals surface area contributed by atoms with Crippen LogP contribution in [0, 0.1) is 0 Å². The highest BCUT2D eigenvalue weighted by molar-refractivity contribution is 5.78. The van der Waals surface area contributed by atoms with Crippen molar-refractivity contribution in [3.8, 4) is 0 Å². The van der Waals surface area contributed by atoms with Crippen LogP contribution in [0.25, 0.3) is 0 Å². The highest BCUT2D eigenvalue weighted by Gasteiger charge is 2.20. The molecule has 1 aromatic carbocycles. The van der Waals surface area contributed by atoms with Crippen molar-refractivity contribution in [3.63, 3.8) is 0 Å². The van der Waals surface area contributed by atoms with Crippen LogP contribution in [0.4, 0.5) is 0 Å². The van der Waals surface area contributed by atoms with Crippen LogP contribution in [0.5, 0.6) is 0 Å². The number of carbonyl (C=O) groups excluding carboxylic acids is 3. The van der Waals surface area contributed by atoms with Crippen LogP contribution in [0.1, 0.15) is 83.6 Å². The number of amides is 3. The zero-order valence-corrected chi connectivity index (χ0v) is 21.9. The summed E-state index contributed by atoms with van der Waals surface area (Å²) >= 11 is 0.